The molecule has 0 saturated carbocycles. The molecule has 0 amide bonds. The van der Waals surface area contributed by atoms with Gasteiger partial charge in [-0.2, -0.15) is 4.31 Å². The predicted octanol–water partition coefficient (Wildman–Crippen LogP) is 2.78. The molecule has 20 heavy (non-hydrogen) atoms. The van der Waals surface area contributed by atoms with Gasteiger partial charge in [0.1, 0.15) is 0 Å². The summed E-state index contributed by atoms with van der Waals surface area (Å²) in [6.45, 7) is 7.33. The molecule has 112 valence electrons. The lowest BCUT2D eigenvalue weighted by molar-refractivity contribution is 0.279. The summed E-state index contributed by atoms with van der Waals surface area (Å²) >= 11 is 0. The van der Waals surface area contributed by atoms with Crippen LogP contribution in [-0.2, 0) is 10.0 Å². The van der Waals surface area contributed by atoms with Crippen LogP contribution in [0.4, 0.5) is 5.69 Å². The molecule has 1 fully saturated rings. The van der Waals surface area contributed by atoms with Crippen molar-refractivity contribution in [3.8, 4) is 0 Å². The van der Waals surface area contributed by atoms with Gasteiger partial charge in [-0.3, -0.25) is 0 Å². The van der Waals surface area contributed by atoms with Crippen molar-refractivity contribution in [1.29, 1.82) is 0 Å². The number of aryl methyl sites for hydroxylation is 1. The van der Waals surface area contributed by atoms with Gasteiger partial charge in [0.2, 0.25) is 10.0 Å². The van der Waals surface area contributed by atoms with E-state index in [4.69, 9.17) is 5.73 Å². The second-order valence-electron chi connectivity index (χ2n) is 5.82. The highest BCUT2D eigenvalue weighted by atomic mass is 32.2. The van der Waals surface area contributed by atoms with Crippen LogP contribution < -0.4 is 5.73 Å². The van der Waals surface area contributed by atoms with E-state index in [-0.39, 0.29) is 5.41 Å². The average molecular weight is 296 g/mol. The highest BCUT2D eigenvalue weighted by Gasteiger charge is 2.40. The topological polar surface area (TPSA) is 63.4 Å². The smallest absolute Gasteiger partial charge is 0.243 e. The lowest BCUT2D eigenvalue weighted by Gasteiger charge is -2.26. The molecule has 4 nitrogen and oxygen atoms in total. The van der Waals surface area contributed by atoms with E-state index >= 15 is 0 Å². The van der Waals surface area contributed by atoms with E-state index in [9.17, 15) is 8.42 Å². The lowest BCUT2D eigenvalue weighted by atomic mass is 9.82. The molecular formula is C15H24N2O2S. The second-order valence-corrected chi connectivity index (χ2v) is 7.73. The molecule has 1 heterocycles. The van der Waals surface area contributed by atoms with Crippen LogP contribution in [0.5, 0.6) is 0 Å². The average Bonchev–Trinajstić information content (AvgIpc) is 2.87. The summed E-state index contributed by atoms with van der Waals surface area (Å²) in [5.41, 5.74) is 7.13. The quantitative estimate of drug-likeness (QED) is 0.869. The first-order valence-electron chi connectivity index (χ1n) is 7.21. The third-order valence-corrected chi connectivity index (χ3v) is 6.72. The second kappa shape index (κ2) is 5.37. The molecule has 1 aromatic carbocycles. The predicted molar refractivity (Wildman–Crippen MR) is 82.0 cm³/mol. The number of nitrogen functional groups attached to an aromatic ring is 1. The third-order valence-electron chi connectivity index (χ3n) is 4.73. The number of benzene rings is 1. The Kier molecular flexibility index (Phi) is 4.12. The maximum Gasteiger partial charge on any atom is 0.243 e. The van der Waals surface area contributed by atoms with Crippen LogP contribution in [0.3, 0.4) is 0 Å². The van der Waals surface area contributed by atoms with Gasteiger partial charge in [-0.05, 0) is 49.3 Å². The van der Waals surface area contributed by atoms with Gasteiger partial charge in [0.05, 0.1) is 4.90 Å². The van der Waals surface area contributed by atoms with Gasteiger partial charge in [0.15, 0.2) is 0 Å². The molecular weight excluding hydrogens is 272 g/mol. The summed E-state index contributed by atoms with van der Waals surface area (Å²) in [4.78, 5) is 0.348. The Balaban J connectivity index is 2.35. The van der Waals surface area contributed by atoms with Crippen molar-refractivity contribution in [2.75, 3.05) is 18.8 Å². The van der Waals surface area contributed by atoms with Gasteiger partial charge in [-0.25, -0.2) is 8.42 Å². The normalized spacial score (nSPS) is 19.4. The van der Waals surface area contributed by atoms with E-state index in [2.05, 4.69) is 13.8 Å². The van der Waals surface area contributed by atoms with E-state index in [1.165, 1.54) is 0 Å². The minimum atomic E-state index is -3.43. The Labute approximate surface area is 122 Å². The highest BCUT2D eigenvalue weighted by molar-refractivity contribution is 7.89. The number of hydrogen-bond acceptors (Lipinski definition) is 3. The fraction of sp³-hybridized carbons (Fsp3) is 0.600. The van der Waals surface area contributed by atoms with Crippen LogP contribution in [0.2, 0.25) is 0 Å². The fourth-order valence-corrected chi connectivity index (χ4v) is 4.77. The summed E-state index contributed by atoms with van der Waals surface area (Å²) in [5.74, 6) is 0. The molecule has 0 unspecified atom stereocenters. The standard InChI is InChI=1S/C15H24N2O2S/c1-4-15(5-2)8-9-17(11-15)20(18,19)14-10-13(16)7-6-12(14)3/h6-7,10H,4-5,8-9,11,16H2,1-3H3. The van der Waals surface area contributed by atoms with E-state index in [1.807, 2.05) is 6.92 Å². The lowest BCUT2D eigenvalue weighted by Crippen LogP contribution is -2.32. The maximum absolute atomic E-state index is 12.8. The number of hydrogen-bond donors (Lipinski definition) is 1. The number of sulfonamides is 1. The molecule has 2 N–H and O–H groups in total. The molecule has 2 rings (SSSR count). The Bertz CT molecular complexity index is 592. The van der Waals surface area contributed by atoms with E-state index in [0.29, 0.717) is 23.7 Å². The Morgan fingerprint density at radius 3 is 2.50 bits per heavy atom. The van der Waals surface area contributed by atoms with E-state index < -0.39 is 10.0 Å². The summed E-state index contributed by atoms with van der Waals surface area (Å²) in [6, 6.07) is 5.08. The monoisotopic (exact) mass is 296 g/mol. The van der Waals surface area contributed by atoms with Gasteiger partial charge in [-0.15, -0.1) is 0 Å². The Morgan fingerprint density at radius 2 is 1.95 bits per heavy atom. The largest absolute Gasteiger partial charge is 0.399 e. The van der Waals surface area contributed by atoms with Gasteiger partial charge in [-0.1, -0.05) is 19.9 Å². The molecule has 0 radical (unpaired) electrons. The first-order valence-corrected chi connectivity index (χ1v) is 8.65. The van der Waals surface area contributed by atoms with Crippen LogP contribution >= 0.6 is 0 Å². The summed E-state index contributed by atoms with van der Waals surface area (Å²) in [6.07, 6.45) is 2.98. The molecule has 1 saturated heterocycles. The van der Waals surface area contributed by atoms with Gasteiger partial charge in [0.25, 0.3) is 0 Å². The van der Waals surface area contributed by atoms with Crippen molar-refractivity contribution in [2.24, 2.45) is 5.41 Å². The molecule has 0 aromatic heterocycles. The summed E-state index contributed by atoms with van der Waals surface area (Å²) in [7, 11) is -3.43. The Morgan fingerprint density at radius 1 is 1.30 bits per heavy atom. The molecule has 0 spiro atoms. The van der Waals surface area contributed by atoms with Gasteiger partial charge in [0, 0.05) is 18.8 Å². The number of rotatable bonds is 4. The van der Waals surface area contributed by atoms with E-state index in [1.54, 1.807) is 22.5 Å². The first kappa shape index (κ1) is 15.3. The number of nitrogens with zero attached hydrogens (tertiary/aromatic N) is 1. The molecule has 0 bridgehead atoms. The SMILES string of the molecule is CCC1(CC)CCN(S(=O)(=O)c2cc(N)ccc2C)C1. The zero-order chi connectivity index (χ0) is 15.0. The fourth-order valence-electron chi connectivity index (χ4n) is 2.96. The van der Waals surface area contributed by atoms with Crippen LogP contribution in [0.1, 0.15) is 38.7 Å². The molecule has 0 aliphatic carbocycles. The van der Waals surface area contributed by atoms with Crippen molar-refractivity contribution in [1.82, 2.24) is 4.31 Å². The van der Waals surface area contributed by atoms with Crippen molar-refractivity contribution in [3.05, 3.63) is 23.8 Å². The maximum atomic E-state index is 12.8. The summed E-state index contributed by atoms with van der Waals surface area (Å²) in [5, 5.41) is 0. The zero-order valence-electron chi connectivity index (χ0n) is 12.5. The van der Waals surface area contributed by atoms with Crippen LogP contribution in [0, 0.1) is 12.3 Å². The van der Waals surface area contributed by atoms with Gasteiger partial charge >= 0.3 is 0 Å². The highest BCUT2D eigenvalue weighted by Crippen LogP contribution is 2.39. The van der Waals surface area contributed by atoms with E-state index in [0.717, 1.165) is 24.8 Å². The van der Waals surface area contributed by atoms with Crippen molar-refractivity contribution in [3.63, 3.8) is 0 Å². The summed E-state index contributed by atoms with van der Waals surface area (Å²) < 4.78 is 27.2. The molecule has 1 aromatic rings. The van der Waals surface area contributed by atoms with Crippen molar-refractivity contribution in [2.45, 2.75) is 44.9 Å². The van der Waals surface area contributed by atoms with Gasteiger partial charge < -0.3 is 5.73 Å². The van der Waals surface area contributed by atoms with Crippen molar-refractivity contribution >= 4 is 15.7 Å². The molecule has 1 aliphatic rings. The minimum Gasteiger partial charge on any atom is -0.399 e. The first-order chi connectivity index (χ1) is 9.34. The molecule has 0 atom stereocenters. The number of anilines is 1. The molecule has 5 heteroatoms. The van der Waals surface area contributed by atoms with Crippen LogP contribution in [0.15, 0.2) is 23.1 Å². The van der Waals surface area contributed by atoms with Crippen molar-refractivity contribution < 1.29 is 8.42 Å². The number of nitrogens with two attached hydrogens (primary N) is 1. The Hall–Kier alpha value is -1.07. The minimum absolute atomic E-state index is 0.140. The van der Waals surface area contributed by atoms with Crippen LogP contribution in [-0.4, -0.2) is 25.8 Å². The van der Waals surface area contributed by atoms with Crippen LogP contribution in [0.25, 0.3) is 0 Å². The zero-order valence-corrected chi connectivity index (χ0v) is 13.3. The molecule has 1 aliphatic heterocycles. The third kappa shape index (κ3) is 2.56.